The number of nitrogens with zero attached hydrogens (tertiary/aromatic N) is 1. The van der Waals surface area contributed by atoms with Crippen LogP contribution in [0.25, 0.3) is 0 Å². The first-order valence-corrected chi connectivity index (χ1v) is 6.27. The smallest absolute Gasteiger partial charge is 0.312 e. The number of carbonyl (C=O) groups excluding carboxylic acids is 1. The number of amides is 1. The number of carbonyl (C=O) groups is 1. The van der Waals surface area contributed by atoms with Gasteiger partial charge in [-0.1, -0.05) is 29.8 Å². The molecule has 0 radical (unpaired) electrons. The van der Waals surface area contributed by atoms with Gasteiger partial charge in [-0.3, -0.25) is 20.3 Å². The Labute approximate surface area is 118 Å². The largest absolute Gasteiger partial charge is 0.473 e. The number of hydrogen-bond acceptors (Lipinski definition) is 5. The number of halogens is 1. The van der Waals surface area contributed by atoms with Crippen LogP contribution in [0.5, 0.6) is 5.75 Å². The van der Waals surface area contributed by atoms with Crippen molar-refractivity contribution in [3.8, 4) is 5.75 Å². The highest BCUT2D eigenvalue weighted by molar-refractivity contribution is 9.10. The zero-order valence-electron chi connectivity index (χ0n) is 10.4. The molecule has 19 heavy (non-hydrogen) atoms. The molecule has 0 aliphatic carbocycles. The number of nitro benzene ring substituents is 1. The fourth-order valence-corrected chi connectivity index (χ4v) is 1.79. The van der Waals surface area contributed by atoms with Gasteiger partial charge in [0.1, 0.15) is 0 Å². The highest BCUT2D eigenvalue weighted by Crippen LogP contribution is 2.31. The second-order valence-corrected chi connectivity index (χ2v) is 5.08. The van der Waals surface area contributed by atoms with Crippen LogP contribution in [-0.2, 0) is 4.79 Å². The summed E-state index contributed by atoms with van der Waals surface area (Å²) in [5.41, 5.74) is 1.77. The Balaban J connectivity index is 3.09. The molecule has 0 aliphatic heterocycles. The molecule has 1 aromatic rings. The molecule has 0 spiro atoms. The van der Waals surface area contributed by atoms with Crippen molar-refractivity contribution in [2.24, 2.45) is 11.8 Å². The van der Waals surface area contributed by atoms with Crippen molar-refractivity contribution in [1.82, 2.24) is 5.43 Å². The minimum atomic E-state index is -0.898. The van der Waals surface area contributed by atoms with Gasteiger partial charge >= 0.3 is 5.69 Å². The van der Waals surface area contributed by atoms with E-state index >= 15 is 0 Å². The normalized spacial score (nSPS) is 12.1. The summed E-state index contributed by atoms with van der Waals surface area (Å²) in [6.07, 6.45) is -0.898. The van der Waals surface area contributed by atoms with E-state index in [1.165, 1.54) is 12.1 Å². The zero-order chi connectivity index (χ0) is 14.6. The van der Waals surface area contributed by atoms with E-state index in [1.807, 2.05) is 5.43 Å². The number of nitrogens with two attached hydrogens (primary N) is 1. The number of nitrogens with one attached hydrogen (secondary N) is 1. The van der Waals surface area contributed by atoms with Crippen molar-refractivity contribution in [1.29, 1.82) is 0 Å². The molecular weight excluding hydrogens is 318 g/mol. The zero-order valence-corrected chi connectivity index (χ0v) is 12.0. The van der Waals surface area contributed by atoms with E-state index in [9.17, 15) is 14.9 Å². The van der Waals surface area contributed by atoms with Gasteiger partial charge in [-0.15, -0.1) is 0 Å². The van der Waals surface area contributed by atoms with Gasteiger partial charge in [0.25, 0.3) is 5.91 Å². The highest BCUT2D eigenvalue weighted by Gasteiger charge is 2.27. The summed E-state index contributed by atoms with van der Waals surface area (Å²) in [6.45, 7) is 3.51. The van der Waals surface area contributed by atoms with Crippen LogP contribution in [0, 0.1) is 16.0 Å². The predicted molar refractivity (Wildman–Crippen MR) is 72.4 cm³/mol. The van der Waals surface area contributed by atoms with Crippen molar-refractivity contribution in [3.63, 3.8) is 0 Å². The van der Waals surface area contributed by atoms with Gasteiger partial charge in [0.05, 0.1) is 4.92 Å². The molecule has 0 fully saturated rings. The summed E-state index contributed by atoms with van der Waals surface area (Å²) >= 11 is 3.14. The Hall–Kier alpha value is -1.67. The van der Waals surface area contributed by atoms with E-state index in [2.05, 4.69) is 15.9 Å². The van der Waals surface area contributed by atoms with Gasteiger partial charge in [0, 0.05) is 10.5 Å². The molecule has 7 nitrogen and oxygen atoms in total. The topological polar surface area (TPSA) is 107 Å². The number of hydrogen-bond donors (Lipinski definition) is 2. The Morgan fingerprint density at radius 1 is 1.53 bits per heavy atom. The Morgan fingerprint density at radius 2 is 2.16 bits per heavy atom. The van der Waals surface area contributed by atoms with Crippen LogP contribution < -0.4 is 16.0 Å². The van der Waals surface area contributed by atoms with Crippen LogP contribution in [-0.4, -0.2) is 16.9 Å². The SMILES string of the molecule is CC(C)C(Oc1ccc(Br)cc1[N+](=O)[O-])C(=O)NN. The Bertz CT molecular complexity index is 493. The maximum Gasteiger partial charge on any atom is 0.312 e. The lowest BCUT2D eigenvalue weighted by atomic mass is 10.1. The van der Waals surface area contributed by atoms with E-state index in [0.717, 1.165) is 0 Å². The molecule has 1 amide bonds. The summed E-state index contributed by atoms with van der Waals surface area (Å²) < 4.78 is 5.97. The highest BCUT2D eigenvalue weighted by atomic mass is 79.9. The Morgan fingerprint density at radius 3 is 2.63 bits per heavy atom. The number of ether oxygens (including phenoxy) is 1. The molecule has 0 saturated heterocycles. The van der Waals surface area contributed by atoms with Crippen LogP contribution in [0.3, 0.4) is 0 Å². The molecule has 0 aromatic heterocycles. The van der Waals surface area contributed by atoms with Gasteiger partial charge in [0.2, 0.25) is 0 Å². The standard InChI is InChI=1S/C11H14BrN3O4/c1-6(2)10(11(16)14-13)19-9-4-3-7(12)5-8(9)15(17)18/h3-6,10H,13H2,1-2H3,(H,14,16). The van der Waals surface area contributed by atoms with Gasteiger partial charge in [-0.25, -0.2) is 5.84 Å². The van der Waals surface area contributed by atoms with E-state index in [0.29, 0.717) is 4.47 Å². The molecule has 1 atom stereocenters. The number of nitro groups is 1. The van der Waals surface area contributed by atoms with Crippen molar-refractivity contribution < 1.29 is 14.5 Å². The van der Waals surface area contributed by atoms with Crippen molar-refractivity contribution in [2.45, 2.75) is 20.0 Å². The maximum atomic E-state index is 11.6. The maximum absolute atomic E-state index is 11.6. The van der Waals surface area contributed by atoms with Gasteiger partial charge in [-0.2, -0.15) is 0 Å². The second kappa shape index (κ2) is 6.48. The molecule has 0 bridgehead atoms. The van der Waals surface area contributed by atoms with Crippen LogP contribution in [0.1, 0.15) is 13.8 Å². The van der Waals surface area contributed by atoms with Crippen LogP contribution in [0.4, 0.5) is 5.69 Å². The quantitative estimate of drug-likeness (QED) is 0.370. The van der Waals surface area contributed by atoms with E-state index in [1.54, 1.807) is 19.9 Å². The average molecular weight is 332 g/mol. The van der Waals surface area contributed by atoms with Gasteiger partial charge in [-0.05, 0) is 18.1 Å². The van der Waals surface area contributed by atoms with Gasteiger partial charge < -0.3 is 4.74 Å². The van der Waals surface area contributed by atoms with E-state index in [4.69, 9.17) is 10.6 Å². The molecule has 1 rings (SSSR count). The fourth-order valence-electron chi connectivity index (χ4n) is 1.44. The van der Waals surface area contributed by atoms with Crippen LogP contribution in [0.15, 0.2) is 22.7 Å². The number of hydrazine groups is 1. The van der Waals surface area contributed by atoms with Crippen LogP contribution >= 0.6 is 15.9 Å². The molecule has 0 heterocycles. The summed E-state index contributed by atoms with van der Waals surface area (Å²) in [4.78, 5) is 21.9. The third-order valence-corrected chi connectivity index (χ3v) is 2.87. The minimum Gasteiger partial charge on any atom is -0.473 e. The first-order chi connectivity index (χ1) is 8.86. The molecule has 8 heteroatoms. The number of rotatable bonds is 5. The molecule has 1 unspecified atom stereocenters. The lowest BCUT2D eigenvalue weighted by molar-refractivity contribution is -0.386. The average Bonchev–Trinajstić information content (AvgIpc) is 2.35. The molecule has 0 aliphatic rings. The lowest BCUT2D eigenvalue weighted by Crippen LogP contribution is -2.44. The second-order valence-electron chi connectivity index (χ2n) is 4.16. The monoisotopic (exact) mass is 331 g/mol. The first kappa shape index (κ1) is 15.4. The van der Waals surface area contributed by atoms with E-state index < -0.39 is 16.9 Å². The minimum absolute atomic E-state index is 0.0236. The van der Waals surface area contributed by atoms with Crippen molar-refractivity contribution >= 4 is 27.5 Å². The molecule has 1 aromatic carbocycles. The fraction of sp³-hybridized carbons (Fsp3) is 0.364. The van der Waals surface area contributed by atoms with Crippen LogP contribution in [0.2, 0.25) is 0 Å². The Kier molecular flexibility index (Phi) is 5.25. The lowest BCUT2D eigenvalue weighted by Gasteiger charge is -2.20. The summed E-state index contributed by atoms with van der Waals surface area (Å²) in [6, 6.07) is 4.34. The van der Waals surface area contributed by atoms with E-state index in [-0.39, 0.29) is 17.4 Å². The molecular formula is C11H14BrN3O4. The van der Waals surface area contributed by atoms with Gasteiger partial charge in [0.15, 0.2) is 11.9 Å². The summed E-state index contributed by atoms with van der Waals surface area (Å²) in [5.74, 6) is 4.37. The molecule has 3 N–H and O–H groups in total. The van der Waals surface area contributed by atoms with Crippen molar-refractivity contribution in [2.75, 3.05) is 0 Å². The van der Waals surface area contributed by atoms with Crippen molar-refractivity contribution in [3.05, 3.63) is 32.8 Å². The molecule has 0 saturated carbocycles. The third kappa shape index (κ3) is 3.90. The molecule has 104 valence electrons. The summed E-state index contributed by atoms with van der Waals surface area (Å²) in [7, 11) is 0. The number of benzene rings is 1. The first-order valence-electron chi connectivity index (χ1n) is 5.48. The summed E-state index contributed by atoms with van der Waals surface area (Å²) in [5, 5.41) is 10.9. The third-order valence-electron chi connectivity index (χ3n) is 2.38. The predicted octanol–water partition coefficient (Wildman–Crippen LogP) is 1.75.